The van der Waals surface area contributed by atoms with Gasteiger partial charge in [-0.15, -0.1) is 0 Å². The number of amides is 1. The number of carbonyl (C=O) groups is 2. The summed E-state index contributed by atoms with van der Waals surface area (Å²) in [5.74, 6) is -1.30. The second-order valence-electron chi connectivity index (χ2n) is 7.21. The van der Waals surface area contributed by atoms with Crippen molar-refractivity contribution in [2.75, 3.05) is 0 Å². The molecule has 0 aliphatic carbocycles. The average Bonchev–Trinajstić information content (AvgIpc) is 2.69. The largest absolute Gasteiger partial charge is 0.481 e. The zero-order valence-electron chi connectivity index (χ0n) is 16.8. The van der Waals surface area contributed by atoms with E-state index in [1.165, 1.54) is 5.56 Å². The topological polar surface area (TPSA) is 79.3 Å². The number of nitrogens with one attached hydrogen (secondary N) is 1. The molecule has 5 nitrogen and oxygen atoms in total. The van der Waals surface area contributed by atoms with Gasteiger partial charge in [0.25, 0.3) is 5.91 Å². The van der Waals surface area contributed by atoms with Crippen LogP contribution in [0.25, 0.3) is 11.3 Å². The van der Waals surface area contributed by atoms with Gasteiger partial charge in [0.15, 0.2) is 0 Å². The van der Waals surface area contributed by atoms with Crippen molar-refractivity contribution in [1.82, 2.24) is 10.3 Å². The molecule has 0 saturated heterocycles. The highest BCUT2D eigenvalue weighted by molar-refractivity contribution is 5.95. The summed E-state index contributed by atoms with van der Waals surface area (Å²) in [5, 5.41) is 12.2. The number of aromatic nitrogens is 1. The number of benzene rings is 2. The molecule has 0 fully saturated rings. The van der Waals surface area contributed by atoms with E-state index in [2.05, 4.69) is 10.3 Å². The van der Waals surface area contributed by atoms with Crippen molar-refractivity contribution in [3.05, 3.63) is 88.6 Å². The Morgan fingerprint density at radius 2 is 1.72 bits per heavy atom. The number of aliphatic carboxylic acids is 1. The molecule has 2 N–H and O–H groups in total. The molecule has 3 aromatic rings. The van der Waals surface area contributed by atoms with Crippen LogP contribution >= 0.6 is 0 Å². The fourth-order valence-electron chi connectivity index (χ4n) is 3.26. The molecule has 0 aliphatic heterocycles. The van der Waals surface area contributed by atoms with Crippen molar-refractivity contribution < 1.29 is 14.7 Å². The van der Waals surface area contributed by atoms with Gasteiger partial charge in [-0.1, -0.05) is 36.4 Å². The van der Waals surface area contributed by atoms with Crippen molar-refractivity contribution in [2.45, 2.75) is 33.2 Å². The highest BCUT2D eigenvalue weighted by atomic mass is 16.4. The minimum absolute atomic E-state index is 0.189. The lowest BCUT2D eigenvalue weighted by atomic mass is 9.98. The highest BCUT2D eigenvalue weighted by Gasteiger charge is 2.20. The minimum atomic E-state index is -0.968. The molecule has 2 aromatic carbocycles. The molecule has 1 atom stereocenters. The maximum atomic E-state index is 12.9. The zero-order valence-corrected chi connectivity index (χ0v) is 16.8. The number of hydrogen-bond donors (Lipinski definition) is 2. The van der Waals surface area contributed by atoms with Crippen molar-refractivity contribution >= 4 is 11.9 Å². The lowest BCUT2D eigenvalue weighted by Crippen LogP contribution is -2.30. The SMILES string of the molecule is Cc1ccc(-c2cc(C(=O)N[C@@H](CC(=O)O)c3ccccc3C)ccn2)cc1C. The normalized spacial score (nSPS) is 11.7. The number of hydrogen-bond acceptors (Lipinski definition) is 3. The Bertz CT molecular complexity index is 1060. The van der Waals surface area contributed by atoms with Gasteiger partial charge in [-0.3, -0.25) is 14.6 Å². The first kappa shape index (κ1) is 20.3. The van der Waals surface area contributed by atoms with E-state index < -0.39 is 12.0 Å². The van der Waals surface area contributed by atoms with E-state index in [4.69, 9.17) is 0 Å². The number of rotatable bonds is 6. The molecule has 1 heterocycles. The quantitative estimate of drug-likeness (QED) is 0.646. The van der Waals surface area contributed by atoms with Crippen LogP contribution in [-0.4, -0.2) is 22.0 Å². The molecule has 0 radical (unpaired) electrons. The number of nitrogens with zero attached hydrogens (tertiary/aromatic N) is 1. The van der Waals surface area contributed by atoms with Crippen molar-refractivity contribution in [3.63, 3.8) is 0 Å². The van der Waals surface area contributed by atoms with Crippen LogP contribution in [0.5, 0.6) is 0 Å². The van der Waals surface area contributed by atoms with Crippen molar-refractivity contribution in [2.24, 2.45) is 0 Å². The van der Waals surface area contributed by atoms with Gasteiger partial charge >= 0.3 is 5.97 Å². The van der Waals surface area contributed by atoms with Gasteiger partial charge in [-0.2, -0.15) is 0 Å². The van der Waals surface area contributed by atoms with E-state index in [-0.39, 0.29) is 12.3 Å². The average molecular weight is 388 g/mol. The van der Waals surface area contributed by atoms with Crippen LogP contribution < -0.4 is 5.32 Å². The summed E-state index contributed by atoms with van der Waals surface area (Å²) in [5.41, 5.74) is 6.15. The van der Waals surface area contributed by atoms with E-state index in [9.17, 15) is 14.7 Å². The summed E-state index contributed by atoms with van der Waals surface area (Å²) in [6.45, 7) is 5.99. The van der Waals surface area contributed by atoms with Gasteiger partial charge in [-0.05, 0) is 61.2 Å². The molecule has 5 heteroatoms. The van der Waals surface area contributed by atoms with Crippen LogP contribution in [0.3, 0.4) is 0 Å². The summed E-state index contributed by atoms with van der Waals surface area (Å²) in [6, 6.07) is 16.3. The van der Waals surface area contributed by atoms with E-state index >= 15 is 0 Å². The predicted octanol–water partition coefficient (Wildman–Crippen LogP) is 4.62. The number of carboxylic acids is 1. The number of pyridine rings is 1. The second-order valence-corrected chi connectivity index (χ2v) is 7.21. The predicted molar refractivity (Wildman–Crippen MR) is 113 cm³/mol. The first-order chi connectivity index (χ1) is 13.8. The van der Waals surface area contributed by atoms with E-state index in [0.717, 1.165) is 22.3 Å². The molecule has 0 spiro atoms. The summed E-state index contributed by atoms with van der Waals surface area (Å²) >= 11 is 0. The Kier molecular flexibility index (Phi) is 6.07. The van der Waals surface area contributed by atoms with E-state index in [1.807, 2.05) is 63.2 Å². The molecular formula is C24H24N2O3. The Morgan fingerprint density at radius 1 is 0.966 bits per heavy atom. The second kappa shape index (κ2) is 8.69. The molecule has 148 valence electrons. The summed E-state index contributed by atoms with van der Waals surface area (Å²) in [4.78, 5) is 28.6. The number of aryl methyl sites for hydroxylation is 3. The third-order valence-corrected chi connectivity index (χ3v) is 5.07. The Labute approximate surface area is 170 Å². The molecule has 29 heavy (non-hydrogen) atoms. The molecule has 0 unspecified atom stereocenters. The fourth-order valence-corrected chi connectivity index (χ4v) is 3.26. The van der Waals surface area contributed by atoms with Crippen LogP contribution in [0.1, 0.15) is 45.1 Å². The molecule has 0 saturated carbocycles. The molecule has 1 aromatic heterocycles. The Morgan fingerprint density at radius 3 is 2.41 bits per heavy atom. The van der Waals surface area contributed by atoms with E-state index in [0.29, 0.717) is 11.3 Å². The van der Waals surface area contributed by atoms with Gasteiger partial charge in [0.05, 0.1) is 18.2 Å². The lowest BCUT2D eigenvalue weighted by Gasteiger charge is -2.19. The third kappa shape index (κ3) is 4.88. The highest BCUT2D eigenvalue weighted by Crippen LogP contribution is 2.23. The van der Waals surface area contributed by atoms with Crippen molar-refractivity contribution in [1.29, 1.82) is 0 Å². The molecule has 0 bridgehead atoms. The zero-order chi connectivity index (χ0) is 21.0. The third-order valence-electron chi connectivity index (χ3n) is 5.07. The van der Waals surface area contributed by atoms with Gasteiger partial charge in [0.2, 0.25) is 0 Å². The van der Waals surface area contributed by atoms with Crippen molar-refractivity contribution in [3.8, 4) is 11.3 Å². The first-order valence-electron chi connectivity index (χ1n) is 9.47. The molecule has 1 amide bonds. The maximum Gasteiger partial charge on any atom is 0.305 e. The lowest BCUT2D eigenvalue weighted by molar-refractivity contribution is -0.137. The van der Waals surface area contributed by atoms with E-state index in [1.54, 1.807) is 18.3 Å². The summed E-state index contributed by atoms with van der Waals surface area (Å²) < 4.78 is 0. The number of carbonyl (C=O) groups excluding carboxylic acids is 1. The molecule has 3 rings (SSSR count). The monoisotopic (exact) mass is 388 g/mol. The summed E-state index contributed by atoms with van der Waals surface area (Å²) in [6.07, 6.45) is 1.41. The van der Waals surface area contributed by atoms with Gasteiger partial charge in [-0.25, -0.2) is 0 Å². The first-order valence-corrected chi connectivity index (χ1v) is 9.47. The summed E-state index contributed by atoms with van der Waals surface area (Å²) in [7, 11) is 0. The number of carboxylic acid groups (broad SMARTS) is 1. The molecular weight excluding hydrogens is 364 g/mol. The van der Waals surface area contributed by atoms with Crippen LogP contribution in [0.4, 0.5) is 0 Å². The minimum Gasteiger partial charge on any atom is -0.481 e. The van der Waals surface area contributed by atoms with Gasteiger partial charge in [0.1, 0.15) is 0 Å². The van der Waals surface area contributed by atoms with Gasteiger partial charge in [0, 0.05) is 17.3 Å². The maximum absolute atomic E-state index is 12.9. The van der Waals surface area contributed by atoms with Crippen LogP contribution in [0.15, 0.2) is 60.8 Å². The van der Waals surface area contributed by atoms with Crippen LogP contribution in [-0.2, 0) is 4.79 Å². The van der Waals surface area contributed by atoms with Gasteiger partial charge < -0.3 is 10.4 Å². The van der Waals surface area contributed by atoms with Crippen LogP contribution in [0.2, 0.25) is 0 Å². The smallest absolute Gasteiger partial charge is 0.305 e. The fraction of sp³-hybridized carbons (Fsp3) is 0.208. The van der Waals surface area contributed by atoms with Crippen LogP contribution in [0, 0.1) is 20.8 Å². The molecule has 0 aliphatic rings. The standard InChI is InChI=1S/C24H24N2O3/c1-15-8-9-18(12-17(15)3)21-13-19(10-11-25-21)24(29)26-22(14-23(27)28)20-7-5-4-6-16(20)2/h4-13,22H,14H2,1-3H3,(H,26,29)(H,27,28)/t22-/m0/s1. The Hall–Kier alpha value is -3.47. The Balaban J connectivity index is 1.88.